The molecule has 4 nitrogen and oxygen atoms in total. The lowest BCUT2D eigenvalue weighted by molar-refractivity contribution is 1.23. The van der Waals surface area contributed by atoms with Crippen LogP contribution in [0, 0.1) is 0 Å². The molecule has 0 saturated heterocycles. The molecule has 4 aromatic carbocycles. The molecule has 28 heavy (non-hydrogen) atoms. The van der Waals surface area contributed by atoms with Crippen molar-refractivity contribution >= 4 is 22.7 Å². The Morgan fingerprint density at radius 1 is 0.286 bits per heavy atom. The third-order valence-corrected chi connectivity index (χ3v) is 4.14. The number of nitrogens with zero attached hydrogens (tertiary/aromatic N) is 4. The van der Waals surface area contributed by atoms with Crippen molar-refractivity contribution in [3.63, 3.8) is 0 Å². The molecule has 0 aliphatic carbocycles. The van der Waals surface area contributed by atoms with E-state index in [0.29, 0.717) is 0 Å². The van der Waals surface area contributed by atoms with E-state index in [1.165, 1.54) is 0 Å². The first kappa shape index (κ1) is 17.5. The maximum atomic E-state index is 4.28. The Hall–Kier alpha value is -3.92. The highest BCUT2D eigenvalue weighted by molar-refractivity contribution is 5.67. The minimum Gasteiger partial charge on any atom is -0.151 e. The molecular weight excluding hydrogens is 344 g/mol. The van der Waals surface area contributed by atoms with Crippen LogP contribution < -0.4 is 0 Å². The molecule has 0 bridgehead atoms. The fraction of sp³-hybridized carbons (Fsp3) is 0. The van der Waals surface area contributed by atoms with Crippen molar-refractivity contribution in [1.29, 1.82) is 0 Å². The van der Waals surface area contributed by atoms with Crippen molar-refractivity contribution in [2.45, 2.75) is 0 Å². The first-order chi connectivity index (χ1) is 13.9. The van der Waals surface area contributed by atoms with Crippen molar-refractivity contribution < 1.29 is 0 Å². The van der Waals surface area contributed by atoms with Gasteiger partial charge < -0.3 is 0 Å². The average molecular weight is 362 g/mol. The van der Waals surface area contributed by atoms with Gasteiger partial charge in [0.05, 0.1) is 22.7 Å². The maximum absolute atomic E-state index is 4.28. The lowest BCUT2D eigenvalue weighted by Crippen LogP contribution is -1.76. The van der Waals surface area contributed by atoms with Crippen LogP contribution in [0.1, 0.15) is 0 Å². The summed E-state index contributed by atoms with van der Waals surface area (Å²) in [6.45, 7) is 0. The Balaban J connectivity index is 1.44. The van der Waals surface area contributed by atoms with Gasteiger partial charge in [0, 0.05) is 0 Å². The van der Waals surface area contributed by atoms with Crippen LogP contribution in [0.15, 0.2) is 130 Å². The number of hydrogen-bond acceptors (Lipinski definition) is 4. The van der Waals surface area contributed by atoms with Crippen LogP contribution in [-0.2, 0) is 0 Å². The van der Waals surface area contributed by atoms with Gasteiger partial charge in [0.25, 0.3) is 0 Å². The molecule has 4 aromatic rings. The summed E-state index contributed by atoms with van der Waals surface area (Å²) >= 11 is 0. The molecule has 4 heteroatoms. The van der Waals surface area contributed by atoms with Gasteiger partial charge in [0.1, 0.15) is 0 Å². The van der Waals surface area contributed by atoms with E-state index in [4.69, 9.17) is 0 Å². The Labute approximate surface area is 163 Å². The molecular formula is C24H18N4. The predicted molar refractivity (Wildman–Crippen MR) is 113 cm³/mol. The molecule has 0 N–H and O–H groups in total. The fourth-order valence-corrected chi connectivity index (χ4v) is 2.66. The van der Waals surface area contributed by atoms with E-state index in [2.05, 4.69) is 20.5 Å². The lowest BCUT2D eigenvalue weighted by Gasteiger charge is -2.02. The summed E-state index contributed by atoms with van der Waals surface area (Å²) in [5, 5.41) is 17.0. The van der Waals surface area contributed by atoms with E-state index in [9.17, 15) is 0 Å². The quantitative estimate of drug-likeness (QED) is 0.321. The highest BCUT2D eigenvalue weighted by Gasteiger charge is 1.99. The molecule has 0 unspecified atom stereocenters. The van der Waals surface area contributed by atoms with E-state index in [0.717, 1.165) is 33.9 Å². The van der Waals surface area contributed by atoms with Gasteiger partial charge in [-0.15, -0.1) is 0 Å². The van der Waals surface area contributed by atoms with Gasteiger partial charge in [-0.1, -0.05) is 60.7 Å². The zero-order valence-corrected chi connectivity index (χ0v) is 15.2. The summed E-state index contributed by atoms with van der Waals surface area (Å²) in [7, 11) is 0. The molecule has 0 atom stereocenters. The van der Waals surface area contributed by atoms with Gasteiger partial charge in [0.15, 0.2) is 0 Å². The van der Waals surface area contributed by atoms with Gasteiger partial charge >= 0.3 is 0 Å². The van der Waals surface area contributed by atoms with E-state index in [1.54, 1.807) is 0 Å². The topological polar surface area (TPSA) is 49.4 Å². The number of hydrogen-bond donors (Lipinski definition) is 0. The average Bonchev–Trinajstić information content (AvgIpc) is 2.78. The van der Waals surface area contributed by atoms with Crippen molar-refractivity contribution in [3.8, 4) is 11.1 Å². The third kappa shape index (κ3) is 4.62. The second kappa shape index (κ2) is 8.64. The molecule has 0 heterocycles. The molecule has 0 fully saturated rings. The Kier molecular flexibility index (Phi) is 5.40. The Morgan fingerprint density at radius 2 is 0.571 bits per heavy atom. The van der Waals surface area contributed by atoms with Crippen molar-refractivity contribution in [2.75, 3.05) is 0 Å². The van der Waals surface area contributed by atoms with Crippen LogP contribution in [-0.4, -0.2) is 0 Å². The second-order valence-electron chi connectivity index (χ2n) is 6.16. The normalized spacial score (nSPS) is 11.3. The minimum absolute atomic E-state index is 0.820. The third-order valence-electron chi connectivity index (χ3n) is 4.14. The molecule has 0 amide bonds. The molecule has 0 aliphatic heterocycles. The van der Waals surface area contributed by atoms with E-state index >= 15 is 0 Å². The van der Waals surface area contributed by atoms with Gasteiger partial charge in [-0.2, -0.15) is 20.5 Å². The lowest BCUT2D eigenvalue weighted by atomic mass is 10.1. The monoisotopic (exact) mass is 362 g/mol. The summed E-state index contributed by atoms with van der Waals surface area (Å²) in [6, 6.07) is 35.4. The predicted octanol–water partition coefficient (Wildman–Crippen LogP) is 8.18. The summed E-state index contributed by atoms with van der Waals surface area (Å²) < 4.78 is 0. The largest absolute Gasteiger partial charge is 0.151 e. The van der Waals surface area contributed by atoms with Gasteiger partial charge in [-0.3, -0.25) is 0 Å². The van der Waals surface area contributed by atoms with Crippen molar-refractivity contribution in [3.05, 3.63) is 109 Å². The summed E-state index contributed by atoms with van der Waals surface area (Å²) in [6.07, 6.45) is 0. The number of azo groups is 2. The molecule has 134 valence electrons. The zero-order chi connectivity index (χ0) is 19.0. The molecule has 0 aromatic heterocycles. The first-order valence-corrected chi connectivity index (χ1v) is 9.01. The van der Waals surface area contributed by atoms with E-state index < -0.39 is 0 Å². The minimum atomic E-state index is 0.820. The summed E-state index contributed by atoms with van der Waals surface area (Å²) in [5.74, 6) is 0. The van der Waals surface area contributed by atoms with Crippen LogP contribution in [0.25, 0.3) is 11.1 Å². The second-order valence-corrected chi connectivity index (χ2v) is 6.16. The Morgan fingerprint density at radius 3 is 0.893 bits per heavy atom. The highest BCUT2D eigenvalue weighted by Crippen LogP contribution is 2.26. The van der Waals surface area contributed by atoms with Gasteiger partial charge in [0.2, 0.25) is 0 Å². The maximum Gasteiger partial charge on any atom is 0.0857 e. The smallest absolute Gasteiger partial charge is 0.0857 e. The SMILES string of the molecule is c1ccc(N=Nc2ccc(-c3ccc(N=Nc4ccccc4)cc3)cc2)cc1. The standard InChI is InChI=1S/C24H18N4/c1-3-7-21(8-4-1)25-27-23-15-11-19(12-16-23)20-13-17-24(18-14-20)28-26-22-9-5-2-6-10-22/h1-18H. The van der Waals surface area contributed by atoms with Crippen molar-refractivity contribution in [2.24, 2.45) is 20.5 Å². The highest BCUT2D eigenvalue weighted by atomic mass is 15.1. The van der Waals surface area contributed by atoms with Crippen LogP contribution >= 0.6 is 0 Å². The van der Waals surface area contributed by atoms with Crippen LogP contribution in [0.4, 0.5) is 22.7 Å². The molecule has 4 rings (SSSR count). The van der Waals surface area contributed by atoms with Crippen LogP contribution in [0.5, 0.6) is 0 Å². The van der Waals surface area contributed by atoms with Crippen molar-refractivity contribution in [1.82, 2.24) is 0 Å². The van der Waals surface area contributed by atoms with E-state index in [-0.39, 0.29) is 0 Å². The zero-order valence-electron chi connectivity index (χ0n) is 15.2. The first-order valence-electron chi connectivity index (χ1n) is 9.01. The molecule has 0 spiro atoms. The van der Waals surface area contributed by atoms with Crippen LogP contribution in [0.3, 0.4) is 0 Å². The van der Waals surface area contributed by atoms with E-state index in [1.807, 2.05) is 109 Å². The molecule has 0 radical (unpaired) electrons. The van der Waals surface area contributed by atoms with Gasteiger partial charge in [-0.05, 0) is 59.7 Å². The number of rotatable bonds is 5. The van der Waals surface area contributed by atoms with Crippen LogP contribution in [0.2, 0.25) is 0 Å². The molecule has 0 saturated carbocycles. The molecule has 0 aliphatic rings. The fourth-order valence-electron chi connectivity index (χ4n) is 2.66. The van der Waals surface area contributed by atoms with Gasteiger partial charge in [-0.25, -0.2) is 0 Å². The Bertz CT molecular complexity index is 978. The summed E-state index contributed by atoms with van der Waals surface area (Å²) in [5.41, 5.74) is 5.55. The summed E-state index contributed by atoms with van der Waals surface area (Å²) in [4.78, 5) is 0. The number of benzene rings is 4.